The molecule has 2 aromatic carbocycles. The molecule has 0 saturated carbocycles. The van der Waals surface area contributed by atoms with Crippen molar-refractivity contribution in [3.63, 3.8) is 0 Å². The molecule has 0 spiro atoms. The Morgan fingerprint density at radius 2 is 1.96 bits per heavy atom. The molecule has 1 saturated heterocycles. The maximum absolute atomic E-state index is 12.4. The van der Waals surface area contributed by atoms with E-state index in [1.165, 1.54) is 17.5 Å². The number of carbonyl (C=O) groups is 2. The van der Waals surface area contributed by atoms with E-state index in [0.717, 1.165) is 18.5 Å². The van der Waals surface area contributed by atoms with Gasteiger partial charge in [-0.05, 0) is 60.7 Å². The third-order valence-corrected chi connectivity index (χ3v) is 5.28. The van der Waals surface area contributed by atoms with E-state index in [-0.39, 0.29) is 24.2 Å². The van der Waals surface area contributed by atoms with Gasteiger partial charge in [0.2, 0.25) is 11.8 Å². The first kappa shape index (κ1) is 16.9. The fraction of sp³-hybridized carbons (Fsp3) is 0.300. The molecule has 1 fully saturated rings. The molecule has 5 nitrogen and oxygen atoms in total. The minimum Gasteiger partial charge on any atom is -0.312 e. The number of nitrogens with zero attached hydrogens (tertiary/aromatic N) is 1. The molecule has 4 rings (SSSR count). The molecule has 1 aliphatic carbocycles. The first-order chi connectivity index (χ1) is 12.6. The summed E-state index contributed by atoms with van der Waals surface area (Å²) < 4.78 is 0. The van der Waals surface area contributed by atoms with E-state index in [4.69, 9.17) is 11.6 Å². The summed E-state index contributed by atoms with van der Waals surface area (Å²) in [5.41, 5.74) is 9.82. The topological polar surface area (TPSA) is 61.4 Å². The number of amides is 2. The minimum atomic E-state index is -0.373. The molecule has 134 valence electrons. The normalized spacial score (nSPS) is 18.7. The molecular weight excluding hydrogens is 350 g/mol. The van der Waals surface area contributed by atoms with Crippen molar-refractivity contribution in [3.05, 3.63) is 58.6 Å². The van der Waals surface area contributed by atoms with Crippen LogP contribution in [0.25, 0.3) is 0 Å². The van der Waals surface area contributed by atoms with Crippen LogP contribution in [0, 0.1) is 5.92 Å². The van der Waals surface area contributed by atoms with E-state index in [1.807, 2.05) is 12.1 Å². The molecule has 0 aromatic heterocycles. The number of carbonyl (C=O) groups excluding carboxylic acids is 2. The zero-order valence-corrected chi connectivity index (χ0v) is 15.1. The van der Waals surface area contributed by atoms with Gasteiger partial charge in [0.1, 0.15) is 0 Å². The number of benzene rings is 2. The molecule has 0 unspecified atom stereocenters. The number of fused-ring (bicyclic) bond motifs is 1. The number of aryl methyl sites for hydroxylation is 2. The van der Waals surface area contributed by atoms with Gasteiger partial charge in [-0.1, -0.05) is 23.7 Å². The van der Waals surface area contributed by atoms with Crippen molar-refractivity contribution >= 4 is 34.8 Å². The minimum absolute atomic E-state index is 0.00847. The summed E-state index contributed by atoms with van der Waals surface area (Å²) in [5.74, 6) is -0.574. The molecule has 26 heavy (non-hydrogen) atoms. The van der Waals surface area contributed by atoms with Crippen LogP contribution in [0.4, 0.5) is 11.4 Å². The van der Waals surface area contributed by atoms with Crippen LogP contribution >= 0.6 is 11.6 Å². The number of halogens is 1. The van der Waals surface area contributed by atoms with Crippen LogP contribution in [-0.2, 0) is 22.4 Å². The fourth-order valence-electron chi connectivity index (χ4n) is 3.66. The Balaban J connectivity index is 1.40. The molecule has 0 bridgehead atoms. The van der Waals surface area contributed by atoms with Crippen molar-refractivity contribution in [1.82, 2.24) is 5.43 Å². The largest absolute Gasteiger partial charge is 0.312 e. The first-order valence-corrected chi connectivity index (χ1v) is 9.21. The predicted molar refractivity (Wildman–Crippen MR) is 102 cm³/mol. The number of hydrazine groups is 1. The van der Waals surface area contributed by atoms with Crippen molar-refractivity contribution in [2.24, 2.45) is 5.92 Å². The second kappa shape index (κ2) is 7.00. The van der Waals surface area contributed by atoms with Crippen molar-refractivity contribution < 1.29 is 9.59 Å². The first-order valence-electron chi connectivity index (χ1n) is 8.84. The molecule has 1 aliphatic heterocycles. The van der Waals surface area contributed by atoms with Crippen molar-refractivity contribution in [1.29, 1.82) is 0 Å². The van der Waals surface area contributed by atoms with Gasteiger partial charge in [-0.25, -0.2) is 0 Å². The lowest BCUT2D eigenvalue weighted by Crippen LogP contribution is -2.36. The smallest absolute Gasteiger partial charge is 0.243 e. The summed E-state index contributed by atoms with van der Waals surface area (Å²) in [5, 5.41) is 0.586. The Morgan fingerprint density at radius 3 is 2.81 bits per heavy atom. The molecule has 2 N–H and O–H groups in total. The molecule has 2 aromatic rings. The van der Waals surface area contributed by atoms with Gasteiger partial charge in [0.05, 0.1) is 11.6 Å². The number of anilines is 2. The van der Waals surface area contributed by atoms with Gasteiger partial charge in [0.15, 0.2) is 0 Å². The van der Waals surface area contributed by atoms with Crippen LogP contribution in [0.15, 0.2) is 42.5 Å². The molecular formula is C20H20ClN3O2. The summed E-state index contributed by atoms with van der Waals surface area (Å²) in [6, 6.07) is 13.3. The zero-order valence-electron chi connectivity index (χ0n) is 14.3. The van der Waals surface area contributed by atoms with Gasteiger partial charge < -0.3 is 4.90 Å². The van der Waals surface area contributed by atoms with Gasteiger partial charge >= 0.3 is 0 Å². The van der Waals surface area contributed by atoms with E-state index in [2.05, 4.69) is 23.0 Å². The SMILES string of the molecule is O=C(NNc1cccc(Cl)c1)[C@@H]1CC(=O)N(c2ccc3c(c2)CCC3)C1. The predicted octanol–water partition coefficient (Wildman–Crippen LogP) is 3.32. The van der Waals surface area contributed by atoms with E-state index in [1.54, 1.807) is 23.1 Å². The van der Waals surface area contributed by atoms with E-state index in [9.17, 15) is 9.59 Å². The lowest BCUT2D eigenvalue weighted by molar-refractivity contribution is -0.125. The van der Waals surface area contributed by atoms with Gasteiger partial charge in [0.25, 0.3) is 0 Å². The Labute approximate surface area is 157 Å². The molecule has 1 heterocycles. The fourth-order valence-corrected chi connectivity index (χ4v) is 3.85. The van der Waals surface area contributed by atoms with Crippen LogP contribution in [0.2, 0.25) is 5.02 Å². The quantitative estimate of drug-likeness (QED) is 0.813. The Bertz CT molecular complexity index is 868. The standard InChI is InChI=1S/C20H20ClN3O2/c21-16-5-2-6-17(11-16)22-23-20(26)15-10-19(25)24(12-15)18-8-7-13-3-1-4-14(13)9-18/h2,5-9,11,15,22H,1,3-4,10,12H2,(H,23,26)/t15-/m1/s1. The number of hydrogen-bond donors (Lipinski definition) is 2. The highest BCUT2D eigenvalue weighted by Crippen LogP contribution is 2.30. The summed E-state index contributed by atoms with van der Waals surface area (Å²) in [7, 11) is 0. The van der Waals surface area contributed by atoms with Gasteiger partial charge in [-0.15, -0.1) is 0 Å². The lowest BCUT2D eigenvalue weighted by atomic mass is 10.1. The summed E-state index contributed by atoms with van der Waals surface area (Å²) in [6.07, 6.45) is 3.58. The molecule has 0 radical (unpaired) electrons. The highest BCUT2D eigenvalue weighted by atomic mass is 35.5. The molecule has 2 aliphatic rings. The summed E-state index contributed by atoms with van der Waals surface area (Å²) in [4.78, 5) is 26.6. The van der Waals surface area contributed by atoms with Crippen LogP contribution in [0.1, 0.15) is 24.0 Å². The second-order valence-corrected chi connectivity index (χ2v) is 7.27. The third kappa shape index (κ3) is 3.40. The average molecular weight is 370 g/mol. The summed E-state index contributed by atoms with van der Waals surface area (Å²) >= 11 is 5.93. The molecule has 2 amide bonds. The maximum atomic E-state index is 12.4. The zero-order chi connectivity index (χ0) is 18.1. The number of hydrogen-bond acceptors (Lipinski definition) is 3. The van der Waals surface area contributed by atoms with Crippen LogP contribution in [0.3, 0.4) is 0 Å². The van der Waals surface area contributed by atoms with Crippen LogP contribution in [-0.4, -0.2) is 18.4 Å². The summed E-state index contributed by atoms with van der Waals surface area (Å²) in [6.45, 7) is 0.403. The van der Waals surface area contributed by atoms with Crippen molar-refractivity contribution in [2.75, 3.05) is 16.9 Å². The molecule has 6 heteroatoms. The molecule has 1 atom stereocenters. The number of rotatable bonds is 4. The second-order valence-electron chi connectivity index (χ2n) is 6.84. The van der Waals surface area contributed by atoms with Crippen LogP contribution in [0.5, 0.6) is 0 Å². The lowest BCUT2D eigenvalue weighted by Gasteiger charge is -2.18. The van der Waals surface area contributed by atoms with Crippen LogP contribution < -0.4 is 15.8 Å². The number of nitrogens with one attached hydrogen (secondary N) is 2. The van der Waals surface area contributed by atoms with E-state index in [0.29, 0.717) is 17.3 Å². The monoisotopic (exact) mass is 369 g/mol. The van der Waals surface area contributed by atoms with Gasteiger partial charge in [-0.2, -0.15) is 0 Å². The highest BCUT2D eigenvalue weighted by Gasteiger charge is 2.35. The van der Waals surface area contributed by atoms with Gasteiger partial charge in [0, 0.05) is 23.7 Å². The Morgan fingerprint density at radius 1 is 1.12 bits per heavy atom. The van der Waals surface area contributed by atoms with E-state index < -0.39 is 0 Å². The van der Waals surface area contributed by atoms with Crippen molar-refractivity contribution in [3.8, 4) is 0 Å². The maximum Gasteiger partial charge on any atom is 0.243 e. The van der Waals surface area contributed by atoms with E-state index >= 15 is 0 Å². The van der Waals surface area contributed by atoms with Gasteiger partial charge in [-0.3, -0.25) is 20.4 Å². The third-order valence-electron chi connectivity index (χ3n) is 5.04. The average Bonchev–Trinajstić information content (AvgIpc) is 3.25. The highest BCUT2D eigenvalue weighted by molar-refractivity contribution is 6.30. The van der Waals surface area contributed by atoms with Crippen molar-refractivity contribution in [2.45, 2.75) is 25.7 Å². The Hall–Kier alpha value is -2.53. The Kier molecular flexibility index (Phi) is 4.55.